The Labute approximate surface area is 76.5 Å². The lowest BCUT2D eigenvalue weighted by Crippen LogP contribution is -1.85. The van der Waals surface area contributed by atoms with Gasteiger partial charge >= 0.3 is 0 Å². The van der Waals surface area contributed by atoms with E-state index in [1.165, 1.54) is 6.33 Å². The van der Waals surface area contributed by atoms with Crippen molar-refractivity contribution in [1.29, 1.82) is 0 Å². The van der Waals surface area contributed by atoms with Gasteiger partial charge in [-0.3, -0.25) is 4.98 Å². The molecule has 0 fully saturated rings. The van der Waals surface area contributed by atoms with Gasteiger partial charge < -0.3 is 0 Å². The molecule has 0 amide bonds. The van der Waals surface area contributed by atoms with Gasteiger partial charge in [0.2, 0.25) is 0 Å². The van der Waals surface area contributed by atoms with Crippen molar-refractivity contribution in [3.63, 3.8) is 0 Å². The third kappa shape index (κ3) is 1.69. The zero-order valence-corrected chi connectivity index (χ0v) is 7.31. The van der Waals surface area contributed by atoms with Crippen LogP contribution >= 0.6 is 0 Å². The van der Waals surface area contributed by atoms with Gasteiger partial charge in [0, 0.05) is 24.2 Å². The number of hydrogen-bond donors (Lipinski definition) is 0. The molecular formula is C10H9N3. The van der Waals surface area contributed by atoms with Crippen LogP contribution in [-0.2, 0) is 0 Å². The molecule has 0 saturated heterocycles. The molecule has 3 heteroatoms. The summed E-state index contributed by atoms with van der Waals surface area (Å²) in [6.07, 6.45) is 6.86. The summed E-state index contributed by atoms with van der Waals surface area (Å²) in [5, 5.41) is 0. The van der Waals surface area contributed by atoms with Gasteiger partial charge in [-0.2, -0.15) is 0 Å². The van der Waals surface area contributed by atoms with Crippen LogP contribution in [0.4, 0.5) is 0 Å². The van der Waals surface area contributed by atoms with Gasteiger partial charge in [0.25, 0.3) is 0 Å². The fraction of sp³-hybridized carbons (Fsp3) is 0.100. The van der Waals surface area contributed by atoms with E-state index >= 15 is 0 Å². The summed E-state index contributed by atoms with van der Waals surface area (Å²) in [6.45, 7) is 2.01. The van der Waals surface area contributed by atoms with Crippen LogP contribution in [0.25, 0.3) is 11.3 Å². The first-order valence-corrected chi connectivity index (χ1v) is 4.04. The van der Waals surface area contributed by atoms with Crippen molar-refractivity contribution in [2.24, 2.45) is 0 Å². The Hall–Kier alpha value is -1.77. The Morgan fingerprint density at radius 3 is 2.38 bits per heavy atom. The highest BCUT2D eigenvalue weighted by atomic mass is 14.8. The summed E-state index contributed by atoms with van der Waals surface area (Å²) < 4.78 is 0. The van der Waals surface area contributed by atoms with E-state index in [0.29, 0.717) is 0 Å². The van der Waals surface area contributed by atoms with Crippen LogP contribution in [0.2, 0.25) is 0 Å². The molecule has 0 aromatic carbocycles. The van der Waals surface area contributed by atoms with E-state index in [9.17, 15) is 0 Å². The average molecular weight is 171 g/mol. The second-order valence-corrected chi connectivity index (χ2v) is 2.85. The largest absolute Gasteiger partial charge is 0.256 e. The first kappa shape index (κ1) is 7.86. The Kier molecular flexibility index (Phi) is 2.00. The molecule has 0 saturated carbocycles. The van der Waals surface area contributed by atoms with Crippen LogP contribution in [-0.4, -0.2) is 15.0 Å². The number of hydrogen-bond acceptors (Lipinski definition) is 3. The second kappa shape index (κ2) is 3.31. The monoisotopic (exact) mass is 171 g/mol. The van der Waals surface area contributed by atoms with Crippen LogP contribution < -0.4 is 0 Å². The fourth-order valence-corrected chi connectivity index (χ4v) is 1.07. The number of aromatic nitrogens is 3. The lowest BCUT2D eigenvalue weighted by molar-refractivity contribution is 1.15. The predicted octanol–water partition coefficient (Wildman–Crippen LogP) is 1.85. The molecule has 2 heterocycles. The van der Waals surface area contributed by atoms with E-state index in [1.807, 2.05) is 25.3 Å². The minimum Gasteiger partial charge on any atom is -0.256 e. The molecule has 0 aliphatic carbocycles. The molecule has 0 N–H and O–H groups in total. The Morgan fingerprint density at radius 2 is 1.77 bits per heavy atom. The van der Waals surface area contributed by atoms with Crippen molar-refractivity contribution in [1.82, 2.24) is 15.0 Å². The smallest absolute Gasteiger partial charge is 0.115 e. The van der Waals surface area contributed by atoms with Gasteiger partial charge in [-0.15, -0.1) is 0 Å². The van der Waals surface area contributed by atoms with E-state index in [-0.39, 0.29) is 0 Å². The molecule has 2 aromatic rings. The van der Waals surface area contributed by atoms with Gasteiger partial charge in [-0.25, -0.2) is 9.97 Å². The normalized spacial score (nSPS) is 9.92. The molecule has 0 atom stereocenters. The third-order valence-electron chi connectivity index (χ3n) is 1.77. The molecule has 0 unspecified atom stereocenters. The Balaban J connectivity index is 2.42. The van der Waals surface area contributed by atoms with Crippen LogP contribution in [0.1, 0.15) is 5.56 Å². The maximum Gasteiger partial charge on any atom is 0.115 e. The maximum absolute atomic E-state index is 4.27. The Morgan fingerprint density at radius 1 is 1.00 bits per heavy atom. The topological polar surface area (TPSA) is 38.7 Å². The SMILES string of the molecule is Cc1ccc(-c2cncnc2)nc1. The molecule has 64 valence electrons. The molecule has 0 radical (unpaired) electrons. The number of pyridine rings is 1. The highest BCUT2D eigenvalue weighted by Gasteiger charge is 1.97. The molecular weight excluding hydrogens is 162 g/mol. The third-order valence-corrected chi connectivity index (χ3v) is 1.77. The Bertz CT molecular complexity index is 381. The van der Waals surface area contributed by atoms with Gasteiger partial charge in [-0.1, -0.05) is 6.07 Å². The summed E-state index contributed by atoms with van der Waals surface area (Å²) in [5.74, 6) is 0. The van der Waals surface area contributed by atoms with Gasteiger partial charge in [0.05, 0.1) is 5.69 Å². The minimum absolute atomic E-state index is 0.909. The molecule has 0 aliphatic rings. The summed E-state index contributed by atoms with van der Waals surface area (Å²) in [7, 11) is 0. The molecule has 0 bridgehead atoms. The number of nitrogens with zero attached hydrogens (tertiary/aromatic N) is 3. The molecule has 0 spiro atoms. The minimum atomic E-state index is 0.909. The molecule has 2 rings (SSSR count). The van der Waals surface area contributed by atoms with E-state index < -0.39 is 0 Å². The van der Waals surface area contributed by atoms with Crippen LogP contribution in [0.5, 0.6) is 0 Å². The van der Waals surface area contributed by atoms with E-state index in [2.05, 4.69) is 15.0 Å². The van der Waals surface area contributed by atoms with Gasteiger partial charge in [0.1, 0.15) is 6.33 Å². The summed E-state index contributed by atoms with van der Waals surface area (Å²) >= 11 is 0. The first-order valence-electron chi connectivity index (χ1n) is 4.04. The van der Waals surface area contributed by atoms with Crippen LogP contribution in [0.3, 0.4) is 0 Å². The van der Waals surface area contributed by atoms with Crippen LogP contribution in [0, 0.1) is 6.92 Å². The van der Waals surface area contributed by atoms with Crippen molar-refractivity contribution in [2.45, 2.75) is 6.92 Å². The molecule has 2 aromatic heterocycles. The molecule has 13 heavy (non-hydrogen) atoms. The summed E-state index contributed by atoms with van der Waals surface area (Å²) in [5.41, 5.74) is 3.01. The highest BCUT2D eigenvalue weighted by Crippen LogP contribution is 2.13. The number of aryl methyl sites for hydroxylation is 1. The van der Waals surface area contributed by atoms with Gasteiger partial charge in [-0.05, 0) is 18.6 Å². The van der Waals surface area contributed by atoms with Crippen molar-refractivity contribution < 1.29 is 0 Å². The molecule has 0 aliphatic heterocycles. The van der Waals surface area contributed by atoms with Crippen molar-refractivity contribution in [3.05, 3.63) is 42.6 Å². The van der Waals surface area contributed by atoms with E-state index in [4.69, 9.17) is 0 Å². The lowest BCUT2D eigenvalue weighted by atomic mass is 10.2. The summed E-state index contributed by atoms with van der Waals surface area (Å²) in [6, 6.07) is 3.99. The standard InChI is InChI=1S/C10H9N3/c1-8-2-3-10(13-4-8)9-5-11-7-12-6-9/h2-7H,1H3. The quantitative estimate of drug-likeness (QED) is 0.657. The second-order valence-electron chi connectivity index (χ2n) is 2.85. The van der Waals surface area contributed by atoms with E-state index in [1.54, 1.807) is 12.4 Å². The van der Waals surface area contributed by atoms with Gasteiger partial charge in [0.15, 0.2) is 0 Å². The predicted molar refractivity (Wildman–Crippen MR) is 50.0 cm³/mol. The lowest BCUT2D eigenvalue weighted by Gasteiger charge is -1.98. The first-order chi connectivity index (χ1) is 6.36. The van der Waals surface area contributed by atoms with Crippen molar-refractivity contribution in [3.8, 4) is 11.3 Å². The van der Waals surface area contributed by atoms with Crippen molar-refractivity contribution in [2.75, 3.05) is 0 Å². The highest BCUT2D eigenvalue weighted by molar-refractivity contribution is 5.56. The van der Waals surface area contributed by atoms with Crippen molar-refractivity contribution >= 4 is 0 Å². The average Bonchev–Trinajstić information content (AvgIpc) is 2.20. The zero-order chi connectivity index (χ0) is 9.10. The van der Waals surface area contributed by atoms with Crippen LogP contribution in [0.15, 0.2) is 37.1 Å². The van der Waals surface area contributed by atoms with E-state index in [0.717, 1.165) is 16.8 Å². The summed E-state index contributed by atoms with van der Waals surface area (Å²) in [4.78, 5) is 12.1. The maximum atomic E-state index is 4.27. The number of rotatable bonds is 1. The zero-order valence-electron chi connectivity index (χ0n) is 7.31. The molecule has 3 nitrogen and oxygen atoms in total. The fourth-order valence-electron chi connectivity index (χ4n) is 1.07.